The van der Waals surface area contributed by atoms with Crippen molar-refractivity contribution in [2.75, 3.05) is 13.2 Å². The van der Waals surface area contributed by atoms with E-state index >= 15 is 0 Å². The van der Waals surface area contributed by atoms with Crippen LogP contribution in [0.1, 0.15) is 40.4 Å². The van der Waals surface area contributed by atoms with Gasteiger partial charge in [0.25, 0.3) is 0 Å². The van der Waals surface area contributed by atoms with Gasteiger partial charge in [0.1, 0.15) is 5.82 Å². The second kappa shape index (κ2) is 7.08. The zero-order chi connectivity index (χ0) is 17.9. The highest BCUT2D eigenvalue weighted by molar-refractivity contribution is 5.94. The highest BCUT2D eigenvalue weighted by Crippen LogP contribution is 2.36. The molecule has 2 N–H and O–H groups in total. The molecule has 4 heteroatoms. The van der Waals surface area contributed by atoms with Gasteiger partial charge in [0.15, 0.2) is 0 Å². The summed E-state index contributed by atoms with van der Waals surface area (Å²) in [5.74, 6) is 5.02. The SMILES string of the molecule is CCC1(Cc2cc(C#Cc3ccccc3F)ccc2C(N)=O)COC1. The van der Waals surface area contributed by atoms with Crippen molar-refractivity contribution in [3.8, 4) is 11.8 Å². The molecule has 1 amide bonds. The summed E-state index contributed by atoms with van der Waals surface area (Å²) in [7, 11) is 0. The van der Waals surface area contributed by atoms with Crippen molar-refractivity contribution in [1.29, 1.82) is 0 Å². The lowest BCUT2D eigenvalue weighted by molar-refractivity contribution is -0.114. The van der Waals surface area contributed by atoms with Crippen LogP contribution in [0.25, 0.3) is 0 Å². The third-order valence-electron chi connectivity index (χ3n) is 4.72. The molecule has 1 heterocycles. The number of amides is 1. The van der Waals surface area contributed by atoms with Gasteiger partial charge in [-0.2, -0.15) is 0 Å². The molecule has 25 heavy (non-hydrogen) atoms. The van der Waals surface area contributed by atoms with Crippen LogP contribution in [-0.2, 0) is 11.2 Å². The Morgan fingerprint density at radius 3 is 2.60 bits per heavy atom. The largest absolute Gasteiger partial charge is 0.380 e. The first-order chi connectivity index (χ1) is 12.0. The second-order valence-corrected chi connectivity index (χ2v) is 6.49. The molecule has 0 aromatic heterocycles. The van der Waals surface area contributed by atoms with Crippen molar-refractivity contribution >= 4 is 5.91 Å². The Hall–Kier alpha value is -2.64. The molecule has 0 saturated carbocycles. The summed E-state index contributed by atoms with van der Waals surface area (Å²) in [4.78, 5) is 11.7. The summed E-state index contributed by atoms with van der Waals surface area (Å²) in [5.41, 5.74) is 8.03. The number of primary amides is 1. The molecule has 0 atom stereocenters. The number of benzene rings is 2. The molecule has 3 nitrogen and oxygen atoms in total. The zero-order valence-electron chi connectivity index (χ0n) is 14.1. The molecule has 1 aliphatic rings. The van der Waals surface area contributed by atoms with E-state index in [-0.39, 0.29) is 11.2 Å². The quantitative estimate of drug-likeness (QED) is 0.871. The number of hydrogen-bond acceptors (Lipinski definition) is 2. The number of carbonyl (C=O) groups is 1. The number of nitrogens with two attached hydrogens (primary N) is 1. The molecule has 1 aliphatic heterocycles. The van der Waals surface area contributed by atoms with Gasteiger partial charge >= 0.3 is 0 Å². The maximum atomic E-state index is 13.7. The van der Waals surface area contributed by atoms with Crippen molar-refractivity contribution in [2.24, 2.45) is 11.1 Å². The fourth-order valence-electron chi connectivity index (χ4n) is 2.99. The monoisotopic (exact) mass is 337 g/mol. The van der Waals surface area contributed by atoms with Crippen LogP contribution in [0.5, 0.6) is 0 Å². The standard InChI is InChI=1S/C21H20FNO2/c1-2-21(13-25-14-21)12-17-11-15(8-10-18(17)20(23)24)7-9-16-5-3-4-6-19(16)22/h3-6,8,10-11H,2,12-14H2,1H3,(H2,23,24). The average molecular weight is 337 g/mol. The van der Waals surface area contributed by atoms with Crippen molar-refractivity contribution in [2.45, 2.75) is 19.8 Å². The predicted molar refractivity (Wildman–Crippen MR) is 94.6 cm³/mol. The van der Waals surface area contributed by atoms with Crippen LogP contribution in [0.3, 0.4) is 0 Å². The molecule has 0 radical (unpaired) electrons. The van der Waals surface area contributed by atoms with E-state index in [1.54, 1.807) is 30.3 Å². The summed E-state index contributed by atoms with van der Waals surface area (Å²) < 4.78 is 19.1. The average Bonchev–Trinajstić information content (AvgIpc) is 2.57. The third kappa shape index (κ3) is 3.72. The van der Waals surface area contributed by atoms with Crippen LogP contribution in [0.2, 0.25) is 0 Å². The number of hydrogen-bond donors (Lipinski definition) is 1. The van der Waals surface area contributed by atoms with Gasteiger partial charge in [-0.15, -0.1) is 0 Å². The Balaban J connectivity index is 1.93. The van der Waals surface area contributed by atoms with Crippen molar-refractivity contribution < 1.29 is 13.9 Å². The first kappa shape index (κ1) is 17.2. The Labute approximate surface area is 147 Å². The van der Waals surface area contributed by atoms with E-state index in [9.17, 15) is 9.18 Å². The first-order valence-electron chi connectivity index (χ1n) is 8.30. The molecular weight excluding hydrogens is 317 g/mol. The highest BCUT2D eigenvalue weighted by atomic mass is 19.1. The van der Waals surface area contributed by atoms with Gasteiger partial charge in [0.2, 0.25) is 5.91 Å². The Morgan fingerprint density at radius 2 is 2.00 bits per heavy atom. The van der Waals surface area contributed by atoms with Crippen LogP contribution < -0.4 is 5.73 Å². The van der Waals surface area contributed by atoms with E-state index in [2.05, 4.69) is 18.8 Å². The lowest BCUT2D eigenvalue weighted by atomic mass is 9.76. The zero-order valence-corrected chi connectivity index (χ0v) is 14.1. The third-order valence-corrected chi connectivity index (χ3v) is 4.72. The van der Waals surface area contributed by atoms with Gasteiger partial charge in [-0.3, -0.25) is 4.79 Å². The summed E-state index contributed by atoms with van der Waals surface area (Å²) in [5, 5.41) is 0. The topological polar surface area (TPSA) is 52.3 Å². The molecule has 0 spiro atoms. The minimum absolute atomic E-state index is 0.0573. The second-order valence-electron chi connectivity index (χ2n) is 6.49. The smallest absolute Gasteiger partial charge is 0.248 e. The molecule has 128 valence electrons. The van der Waals surface area contributed by atoms with E-state index in [0.29, 0.717) is 24.3 Å². The molecule has 2 aromatic rings. The minimum Gasteiger partial charge on any atom is -0.380 e. The first-order valence-corrected chi connectivity index (χ1v) is 8.30. The molecule has 3 rings (SSSR count). The van der Waals surface area contributed by atoms with Gasteiger partial charge in [-0.05, 0) is 48.7 Å². The molecule has 0 unspecified atom stereocenters. The van der Waals surface area contributed by atoms with Crippen molar-refractivity contribution in [1.82, 2.24) is 0 Å². The van der Waals surface area contributed by atoms with Crippen molar-refractivity contribution in [3.05, 3.63) is 70.5 Å². The fourth-order valence-corrected chi connectivity index (χ4v) is 2.99. The van der Waals surface area contributed by atoms with Gasteiger partial charge < -0.3 is 10.5 Å². The predicted octanol–water partition coefficient (Wildman–Crippen LogP) is 3.29. The van der Waals surface area contributed by atoms with E-state index in [1.807, 2.05) is 6.07 Å². The highest BCUT2D eigenvalue weighted by Gasteiger charge is 2.37. The number of rotatable bonds is 4. The van der Waals surface area contributed by atoms with Crippen molar-refractivity contribution in [3.63, 3.8) is 0 Å². The fraction of sp³-hybridized carbons (Fsp3) is 0.286. The van der Waals surface area contributed by atoms with E-state index < -0.39 is 5.91 Å². The van der Waals surface area contributed by atoms with Gasteiger partial charge in [0, 0.05) is 16.5 Å². The molecule has 1 saturated heterocycles. The van der Waals surface area contributed by atoms with E-state index in [1.165, 1.54) is 6.07 Å². The summed E-state index contributed by atoms with van der Waals surface area (Å²) in [6, 6.07) is 11.7. The van der Waals surface area contributed by atoms with Gasteiger partial charge in [-0.25, -0.2) is 4.39 Å². The van der Waals surface area contributed by atoms with E-state index in [0.717, 1.165) is 24.0 Å². The molecule has 0 bridgehead atoms. The summed E-state index contributed by atoms with van der Waals surface area (Å²) in [6.45, 7) is 3.49. The normalized spacial score (nSPS) is 15.0. The van der Waals surface area contributed by atoms with Crippen LogP contribution in [-0.4, -0.2) is 19.1 Å². The molecule has 0 aliphatic carbocycles. The summed E-state index contributed by atoms with van der Waals surface area (Å²) >= 11 is 0. The maximum Gasteiger partial charge on any atom is 0.248 e. The van der Waals surface area contributed by atoms with Crippen LogP contribution in [0.15, 0.2) is 42.5 Å². The van der Waals surface area contributed by atoms with Crippen LogP contribution >= 0.6 is 0 Å². The Kier molecular flexibility index (Phi) is 4.87. The number of carbonyl (C=O) groups excluding carboxylic acids is 1. The summed E-state index contributed by atoms with van der Waals surface area (Å²) in [6.07, 6.45) is 1.69. The Bertz CT molecular complexity index is 854. The Morgan fingerprint density at radius 1 is 1.24 bits per heavy atom. The lowest BCUT2D eigenvalue weighted by Gasteiger charge is -2.41. The maximum absolute atomic E-state index is 13.7. The van der Waals surface area contributed by atoms with Crippen LogP contribution in [0, 0.1) is 23.1 Å². The molecule has 2 aromatic carbocycles. The minimum atomic E-state index is -0.449. The van der Waals surface area contributed by atoms with Gasteiger partial charge in [0.05, 0.1) is 18.8 Å². The van der Waals surface area contributed by atoms with Crippen LogP contribution in [0.4, 0.5) is 4.39 Å². The molecular formula is C21H20FNO2. The number of halogens is 1. The molecule has 1 fully saturated rings. The number of ether oxygens (including phenoxy) is 1. The van der Waals surface area contributed by atoms with E-state index in [4.69, 9.17) is 10.5 Å². The lowest BCUT2D eigenvalue weighted by Crippen LogP contribution is -2.44. The van der Waals surface area contributed by atoms with Gasteiger partial charge in [-0.1, -0.05) is 30.9 Å².